The van der Waals surface area contributed by atoms with Crippen LogP contribution in [0.25, 0.3) is 5.65 Å². The third kappa shape index (κ3) is 2.36. The number of carbonyl (C=O) groups excluding carboxylic acids is 1. The molecule has 0 N–H and O–H groups in total. The van der Waals surface area contributed by atoms with Crippen molar-refractivity contribution in [2.24, 2.45) is 0 Å². The molecule has 1 aliphatic heterocycles. The van der Waals surface area contributed by atoms with Crippen LogP contribution < -0.4 is 5.56 Å². The molecule has 120 valence electrons. The highest BCUT2D eigenvalue weighted by Gasteiger charge is 2.32. The SMILES string of the molecule is O=C(c1cnc2ccccn2c1=O)N1CCCC1c1ccccn1. The fourth-order valence-corrected chi connectivity index (χ4v) is 3.22. The molecule has 4 heterocycles. The van der Waals surface area contributed by atoms with E-state index in [9.17, 15) is 9.59 Å². The molecule has 4 rings (SSSR count). The summed E-state index contributed by atoms with van der Waals surface area (Å²) < 4.78 is 1.40. The summed E-state index contributed by atoms with van der Waals surface area (Å²) in [6.45, 7) is 0.622. The summed E-state index contributed by atoms with van der Waals surface area (Å²) in [6.07, 6.45) is 6.48. The van der Waals surface area contributed by atoms with Gasteiger partial charge in [-0.2, -0.15) is 0 Å². The highest BCUT2D eigenvalue weighted by atomic mass is 16.2. The number of rotatable bonds is 2. The molecule has 0 aliphatic carbocycles. The van der Waals surface area contributed by atoms with Crippen LogP contribution >= 0.6 is 0 Å². The average molecular weight is 320 g/mol. The lowest BCUT2D eigenvalue weighted by Gasteiger charge is -2.24. The van der Waals surface area contributed by atoms with Crippen LogP contribution in [0.1, 0.15) is 34.9 Å². The molecule has 1 atom stereocenters. The Morgan fingerprint density at radius 1 is 1.12 bits per heavy atom. The predicted octanol–water partition coefficient (Wildman–Crippen LogP) is 2.07. The number of fused-ring (bicyclic) bond motifs is 1. The minimum atomic E-state index is -0.336. The van der Waals surface area contributed by atoms with Crippen molar-refractivity contribution in [3.63, 3.8) is 0 Å². The molecule has 1 saturated heterocycles. The first-order valence-corrected chi connectivity index (χ1v) is 7.94. The maximum atomic E-state index is 12.9. The first kappa shape index (κ1) is 14.6. The van der Waals surface area contributed by atoms with Gasteiger partial charge in [-0.15, -0.1) is 0 Å². The number of hydrogen-bond donors (Lipinski definition) is 0. The average Bonchev–Trinajstić information content (AvgIpc) is 3.12. The zero-order chi connectivity index (χ0) is 16.5. The molecule has 1 aliphatic rings. The van der Waals surface area contributed by atoms with Crippen LogP contribution in [0.3, 0.4) is 0 Å². The smallest absolute Gasteiger partial charge is 0.270 e. The van der Waals surface area contributed by atoms with E-state index in [1.54, 1.807) is 35.5 Å². The summed E-state index contributed by atoms with van der Waals surface area (Å²) in [6, 6.07) is 10.9. The van der Waals surface area contributed by atoms with Crippen molar-refractivity contribution >= 4 is 11.6 Å². The van der Waals surface area contributed by atoms with Crippen LogP contribution in [0.2, 0.25) is 0 Å². The lowest BCUT2D eigenvalue weighted by atomic mass is 10.1. The highest BCUT2D eigenvalue weighted by molar-refractivity contribution is 5.94. The van der Waals surface area contributed by atoms with Gasteiger partial charge in [0.2, 0.25) is 0 Å². The summed E-state index contributed by atoms with van der Waals surface area (Å²) in [5.74, 6) is -0.279. The number of carbonyl (C=O) groups is 1. The number of likely N-dealkylation sites (tertiary alicyclic amines) is 1. The molecule has 3 aromatic heterocycles. The van der Waals surface area contributed by atoms with Crippen LogP contribution in [-0.2, 0) is 0 Å². The standard InChI is InChI=1S/C18H16N4O2/c23-17(13-12-20-16-8-2-4-10-22(16)18(13)24)21-11-5-7-15(21)14-6-1-3-9-19-14/h1-4,6,8-10,12,15H,5,7,11H2. The van der Waals surface area contributed by atoms with Crippen LogP contribution in [-0.4, -0.2) is 31.7 Å². The Kier molecular flexibility index (Phi) is 3.57. The van der Waals surface area contributed by atoms with Gasteiger partial charge in [0.15, 0.2) is 0 Å². The van der Waals surface area contributed by atoms with Gasteiger partial charge in [-0.1, -0.05) is 12.1 Å². The largest absolute Gasteiger partial charge is 0.330 e. The number of hydrogen-bond acceptors (Lipinski definition) is 4. The van der Waals surface area contributed by atoms with Crippen LogP contribution in [0.4, 0.5) is 0 Å². The highest BCUT2D eigenvalue weighted by Crippen LogP contribution is 2.31. The molecule has 0 aromatic carbocycles. The number of aromatic nitrogens is 3. The molecule has 0 bridgehead atoms. The van der Waals surface area contributed by atoms with E-state index < -0.39 is 0 Å². The second kappa shape index (κ2) is 5.88. The normalized spacial score (nSPS) is 17.3. The van der Waals surface area contributed by atoms with Crippen molar-refractivity contribution in [1.82, 2.24) is 19.3 Å². The quantitative estimate of drug-likeness (QED) is 0.725. The van der Waals surface area contributed by atoms with E-state index in [1.807, 2.05) is 18.2 Å². The molecule has 0 saturated carbocycles. The van der Waals surface area contributed by atoms with E-state index in [0.29, 0.717) is 12.2 Å². The molecule has 0 spiro atoms. The Morgan fingerprint density at radius 2 is 2.00 bits per heavy atom. The first-order chi connectivity index (χ1) is 11.8. The van der Waals surface area contributed by atoms with Crippen molar-refractivity contribution in [2.75, 3.05) is 6.54 Å². The molecule has 1 fully saturated rings. The molecule has 0 radical (unpaired) electrons. The fraction of sp³-hybridized carbons (Fsp3) is 0.222. The molecular weight excluding hydrogens is 304 g/mol. The van der Waals surface area contributed by atoms with Gasteiger partial charge in [-0.3, -0.25) is 19.0 Å². The maximum absolute atomic E-state index is 12.9. The van der Waals surface area contributed by atoms with Gasteiger partial charge >= 0.3 is 0 Å². The minimum Gasteiger partial charge on any atom is -0.330 e. The van der Waals surface area contributed by atoms with Gasteiger partial charge in [0.05, 0.1) is 11.7 Å². The van der Waals surface area contributed by atoms with Crippen molar-refractivity contribution in [2.45, 2.75) is 18.9 Å². The second-order valence-electron chi connectivity index (χ2n) is 5.82. The van der Waals surface area contributed by atoms with Gasteiger partial charge in [-0.05, 0) is 37.1 Å². The van der Waals surface area contributed by atoms with Crippen molar-refractivity contribution in [1.29, 1.82) is 0 Å². The predicted molar refractivity (Wildman–Crippen MR) is 88.7 cm³/mol. The van der Waals surface area contributed by atoms with Crippen molar-refractivity contribution < 1.29 is 4.79 Å². The first-order valence-electron chi connectivity index (χ1n) is 7.94. The third-order valence-corrected chi connectivity index (χ3v) is 4.39. The van der Waals surface area contributed by atoms with Gasteiger partial charge in [-0.25, -0.2) is 4.98 Å². The number of pyridine rings is 2. The summed E-state index contributed by atoms with van der Waals surface area (Å²) in [5.41, 5.74) is 1.15. The fourth-order valence-electron chi connectivity index (χ4n) is 3.22. The number of amides is 1. The zero-order valence-electron chi connectivity index (χ0n) is 13.0. The van der Waals surface area contributed by atoms with E-state index in [1.165, 1.54) is 10.6 Å². The molecule has 1 amide bonds. The molecule has 1 unspecified atom stereocenters. The summed E-state index contributed by atoms with van der Waals surface area (Å²) in [5, 5.41) is 0. The van der Waals surface area contributed by atoms with E-state index in [4.69, 9.17) is 0 Å². The van der Waals surface area contributed by atoms with Gasteiger partial charge < -0.3 is 4.90 Å². The summed E-state index contributed by atoms with van der Waals surface area (Å²) in [7, 11) is 0. The van der Waals surface area contributed by atoms with E-state index in [2.05, 4.69) is 9.97 Å². The van der Waals surface area contributed by atoms with Crippen LogP contribution in [0.5, 0.6) is 0 Å². The molecular formula is C18H16N4O2. The Labute approximate surface area is 138 Å². The maximum Gasteiger partial charge on any atom is 0.270 e. The van der Waals surface area contributed by atoms with Gasteiger partial charge in [0.25, 0.3) is 11.5 Å². The summed E-state index contributed by atoms with van der Waals surface area (Å²) in [4.78, 5) is 35.9. The van der Waals surface area contributed by atoms with Gasteiger partial charge in [0, 0.05) is 25.1 Å². The summed E-state index contributed by atoms with van der Waals surface area (Å²) >= 11 is 0. The lowest BCUT2D eigenvalue weighted by molar-refractivity contribution is 0.0730. The van der Waals surface area contributed by atoms with Crippen molar-refractivity contribution in [3.05, 3.63) is 76.6 Å². The monoisotopic (exact) mass is 320 g/mol. The Balaban J connectivity index is 1.73. The Morgan fingerprint density at radius 3 is 2.83 bits per heavy atom. The van der Waals surface area contributed by atoms with E-state index in [-0.39, 0.29) is 23.1 Å². The lowest BCUT2D eigenvalue weighted by Crippen LogP contribution is -2.35. The topological polar surface area (TPSA) is 67.6 Å². The van der Waals surface area contributed by atoms with Crippen molar-refractivity contribution in [3.8, 4) is 0 Å². The molecule has 3 aromatic rings. The van der Waals surface area contributed by atoms with Crippen LogP contribution in [0, 0.1) is 0 Å². The van der Waals surface area contributed by atoms with Crippen LogP contribution in [0.15, 0.2) is 59.8 Å². The molecule has 6 heteroatoms. The second-order valence-corrected chi connectivity index (χ2v) is 5.82. The minimum absolute atomic E-state index is 0.0884. The van der Waals surface area contributed by atoms with E-state index in [0.717, 1.165) is 18.5 Å². The number of nitrogens with zero attached hydrogens (tertiary/aromatic N) is 4. The van der Waals surface area contributed by atoms with E-state index >= 15 is 0 Å². The molecule has 24 heavy (non-hydrogen) atoms. The molecule has 6 nitrogen and oxygen atoms in total. The zero-order valence-corrected chi connectivity index (χ0v) is 13.0. The third-order valence-electron chi connectivity index (χ3n) is 4.39. The Hall–Kier alpha value is -3.02. The Bertz CT molecular complexity index is 952. The van der Waals surface area contributed by atoms with Gasteiger partial charge in [0.1, 0.15) is 11.2 Å².